The fraction of sp³-hybridized carbons (Fsp3) is 1.00. The van der Waals surface area contributed by atoms with Crippen LogP contribution in [0.3, 0.4) is 0 Å². The zero-order valence-electron chi connectivity index (χ0n) is 7.94. The molecule has 0 bridgehead atoms. The molecule has 1 heterocycles. The molecule has 0 radical (unpaired) electrons. The number of morpholine rings is 1. The Morgan fingerprint density at radius 2 is 2.17 bits per heavy atom. The highest BCUT2D eigenvalue weighted by atomic mass is 16.5. The van der Waals surface area contributed by atoms with Crippen molar-refractivity contribution in [3.63, 3.8) is 0 Å². The van der Waals surface area contributed by atoms with Crippen LogP contribution in [0, 0.1) is 0 Å². The van der Waals surface area contributed by atoms with Crippen LogP contribution in [-0.2, 0) is 4.74 Å². The molecule has 2 aliphatic rings. The third-order valence-corrected chi connectivity index (χ3v) is 3.21. The fourth-order valence-electron chi connectivity index (χ4n) is 2.44. The molecule has 1 N–H and O–H groups in total. The van der Waals surface area contributed by atoms with Gasteiger partial charge >= 0.3 is 0 Å². The van der Waals surface area contributed by atoms with Gasteiger partial charge in [-0.1, -0.05) is 19.8 Å². The quantitative estimate of drug-likeness (QED) is 0.645. The predicted molar refractivity (Wildman–Crippen MR) is 49.2 cm³/mol. The molecule has 2 nitrogen and oxygen atoms in total. The molecule has 1 saturated heterocycles. The Balaban J connectivity index is 1.97. The number of rotatable bonds is 1. The molecular formula is C10H19NO. The van der Waals surface area contributed by atoms with E-state index in [-0.39, 0.29) is 5.60 Å². The van der Waals surface area contributed by atoms with Crippen LogP contribution in [0.25, 0.3) is 0 Å². The summed E-state index contributed by atoms with van der Waals surface area (Å²) >= 11 is 0. The Morgan fingerprint density at radius 3 is 2.83 bits per heavy atom. The topological polar surface area (TPSA) is 21.3 Å². The first kappa shape index (κ1) is 8.52. The van der Waals surface area contributed by atoms with E-state index in [4.69, 9.17) is 4.74 Å². The molecule has 2 heteroatoms. The lowest BCUT2D eigenvalue weighted by atomic mass is 9.99. The van der Waals surface area contributed by atoms with Gasteiger partial charge in [-0.15, -0.1) is 0 Å². The van der Waals surface area contributed by atoms with E-state index in [1.807, 2.05) is 0 Å². The van der Waals surface area contributed by atoms with Crippen molar-refractivity contribution in [1.29, 1.82) is 0 Å². The second-order valence-corrected chi connectivity index (χ2v) is 4.17. The summed E-state index contributed by atoms with van der Waals surface area (Å²) in [6.45, 7) is 4.35. The van der Waals surface area contributed by atoms with Gasteiger partial charge in [0.1, 0.15) is 0 Å². The van der Waals surface area contributed by atoms with Crippen LogP contribution in [0.5, 0.6) is 0 Å². The van der Waals surface area contributed by atoms with Crippen molar-refractivity contribution in [2.75, 3.05) is 13.1 Å². The van der Waals surface area contributed by atoms with E-state index in [2.05, 4.69) is 12.2 Å². The van der Waals surface area contributed by atoms with E-state index in [0.717, 1.165) is 19.5 Å². The highest BCUT2D eigenvalue weighted by Gasteiger charge is 2.38. The van der Waals surface area contributed by atoms with Crippen LogP contribution in [0.15, 0.2) is 0 Å². The van der Waals surface area contributed by atoms with Gasteiger partial charge in [-0.3, -0.25) is 0 Å². The summed E-state index contributed by atoms with van der Waals surface area (Å²) in [5, 5.41) is 3.49. The summed E-state index contributed by atoms with van der Waals surface area (Å²) in [6, 6.07) is 0. The molecule has 0 amide bonds. The largest absolute Gasteiger partial charge is 0.369 e. The molecule has 2 fully saturated rings. The highest BCUT2D eigenvalue weighted by Crippen LogP contribution is 2.35. The number of nitrogens with one attached hydrogen (secondary N) is 1. The summed E-state index contributed by atoms with van der Waals surface area (Å²) in [6.07, 6.45) is 6.88. The third-order valence-electron chi connectivity index (χ3n) is 3.21. The maximum Gasteiger partial charge on any atom is 0.0810 e. The SMILES string of the molecule is CCC1CNCC2(CCCC2)O1. The molecule has 1 atom stereocenters. The second kappa shape index (κ2) is 3.35. The second-order valence-electron chi connectivity index (χ2n) is 4.17. The van der Waals surface area contributed by atoms with Crippen molar-refractivity contribution >= 4 is 0 Å². The minimum atomic E-state index is 0.235. The van der Waals surface area contributed by atoms with E-state index in [1.165, 1.54) is 25.7 Å². The molecule has 0 aromatic carbocycles. The van der Waals surface area contributed by atoms with Crippen LogP contribution < -0.4 is 5.32 Å². The van der Waals surface area contributed by atoms with E-state index in [0.29, 0.717) is 6.10 Å². The summed E-state index contributed by atoms with van der Waals surface area (Å²) in [4.78, 5) is 0. The van der Waals surface area contributed by atoms with E-state index >= 15 is 0 Å². The minimum Gasteiger partial charge on any atom is -0.369 e. The Bertz CT molecular complexity index is 152. The van der Waals surface area contributed by atoms with Gasteiger partial charge in [0.25, 0.3) is 0 Å². The van der Waals surface area contributed by atoms with Gasteiger partial charge < -0.3 is 10.1 Å². The molecule has 0 aromatic rings. The summed E-state index contributed by atoms with van der Waals surface area (Å²) in [7, 11) is 0. The van der Waals surface area contributed by atoms with Crippen molar-refractivity contribution in [2.45, 2.75) is 50.7 Å². The summed E-state index contributed by atoms with van der Waals surface area (Å²) < 4.78 is 6.12. The number of hydrogen-bond acceptors (Lipinski definition) is 2. The van der Waals surface area contributed by atoms with Crippen molar-refractivity contribution in [2.24, 2.45) is 0 Å². The normalized spacial score (nSPS) is 34.2. The monoisotopic (exact) mass is 169 g/mol. The van der Waals surface area contributed by atoms with Gasteiger partial charge in [0.2, 0.25) is 0 Å². The molecule has 1 unspecified atom stereocenters. The van der Waals surface area contributed by atoms with Crippen molar-refractivity contribution < 1.29 is 4.74 Å². The predicted octanol–water partition coefficient (Wildman–Crippen LogP) is 1.70. The summed E-state index contributed by atoms with van der Waals surface area (Å²) in [5.74, 6) is 0. The first-order chi connectivity index (χ1) is 5.85. The Kier molecular flexibility index (Phi) is 2.37. The van der Waals surface area contributed by atoms with Crippen LogP contribution in [-0.4, -0.2) is 24.8 Å². The molecule has 1 saturated carbocycles. The lowest BCUT2D eigenvalue weighted by Crippen LogP contribution is -2.52. The minimum absolute atomic E-state index is 0.235. The lowest BCUT2D eigenvalue weighted by Gasteiger charge is -2.39. The van der Waals surface area contributed by atoms with Crippen molar-refractivity contribution in [1.82, 2.24) is 5.32 Å². The molecular weight excluding hydrogens is 150 g/mol. The Labute approximate surface area is 74.7 Å². The van der Waals surface area contributed by atoms with Crippen LogP contribution >= 0.6 is 0 Å². The van der Waals surface area contributed by atoms with E-state index < -0.39 is 0 Å². The fourth-order valence-corrected chi connectivity index (χ4v) is 2.44. The smallest absolute Gasteiger partial charge is 0.0810 e. The van der Waals surface area contributed by atoms with Gasteiger partial charge in [0, 0.05) is 13.1 Å². The molecule has 2 rings (SSSR count). The maximum absolute atomic E-state index is 6.12. The number of ether oxygens (including phenoxy) is 1. The standard InChI is InChI=1S/C10H19NO/c1-2-9-7-11-8-10(12-9)5-3-4-6-10/h9,11H,2-8H2,1H3. The average Bonchev–Trinajstić information content (AvgIpc) is 2.53. The maximum atomic E-state index is 6.12. The molecule has 0 aromatic heterocycles. The summed E-state index contributed by atoms with van der Waals surface area (Å²) in [5.41, 5.74) is 0.235. The van der Waals surface area contributed by atoms with Gasteiger partial charge in [-0.2, -0.15) is 0 Å². The molecule has 1 spiro atoms. The van der Waals surface area contributed by atoms with E-state index in [9.17, 15) is 0 Å². The Hall–Kier alpha value is -0.0800. The lowest BCUT2D eigenvalue weighted by molar-refractivity contribution is -0.112. The molecule has 1 aliphatic carbocycles. The number of hydrogen-bond donors (Lipinski definition) is 1. The van der Waals surface area contributed by atoms with Crippen molar-refractivity contribution in [3.8, 4) is 0 Å². The van der Waals surface area contributed by atoms with Crippen LogP contribution in [0.4, 0.5) is 0 Å². The average molecular weight is 169 g/mol. The van der Waals surface area contributed by atoms with Crippen LogP contribution in [0.1, 0.15) is 39.0 Å². The molecule has 12 heavy (non-hydrogen) atoms. The third kappa shape index (κ3) is 1.50. The zero-order chi connectivity index (χ0) is 8.44. The van der Waals surface area contributed by atoms with Gasteiger partial charge in [0.15, 0.2) is 0 Å². The van der Waals surface area contributed by atoms with Crippen LogP contribution in [0.2, 0.25) is 0 Å². The van der Waals surface area contributed by atoms with E-state index in [1.54, 1.807) is 0 Å². The molecule has 1 aliphatic heterocycles. The first-order valence-corrected chi connectivity index (χ1v) is 5.23. The zero-order valence-corrected chi connectivity index (χ0v) is 7.94. The van der Waals surface area contributed by atoms with Gasteiger partial charge in [-0.05, 0) is 19.3 Å². The van der Waals surface area contributed by atoms with Crippen molar-refractivity contribution in [3.05, 3.63) is 0 Å². The highest BCUT2D eigenvalue weighted by molar-refractivity contribution is 4.92. The van der Waals surface area contributed by atoms with Gasteiger partial charge in [-0.25, -0.2) is 0 Å². The molecule has 70 valence electrons. The Morgan fingerprint density at radius 1 is 1.42 bits per heavy atom. The van der Waals surface area contributed by atoms with Gasteiger partial charge in [0.05, 0.1) is 11.7 Å². The first-order valence-electron chi connectivity index (χ1n) is 5.23.